The maximum atomic E-state index is 13.8. The van der Waals surface area contributed by atoms with Crippen molar-refractivity contribution in [3.8, 4) is 5.75 Å². The van der Waals surface area contributed by atoms with Crippen molar-refractivity contribution in [2.45, 2.75) is 6.92 Å². The van der Waals surface area contributed by atoms with Crippen LogP contribution in [0.1, 0.15) is 20.1 Å². The topological polar surface area (TPSA) is 123 Å². The van der Waals surface area contributed by atoms with Gasteiger partial charge >= 0.3 is 6.03 Å². The van der Waals surface area contributed by atoms with Crippen LogP contribution in [0.3, 0.4) is 0 Å². The molecule has 3 rings (SSSR count). The van der Waals surface area contributed by atoms with Gasteiger partial charge in [-0.05, 0) is 55.0 Å². The summed E-state index contributed by atoms with van der Waals surface area (Å²) in [7, 11) is -1.75. The van der Waals surface area contributed by atoms with Gasteiger partial charge in [0, 0.05) is 5.69 Å². The molecule has 0 bridgehead atoms. The zero-order valence-electron chi connectivity index (χ0n) is 17.4. The lowest BCUT2D eigenvalue weighted by Gasteiger charge is -2.11. The number of ether oxygens (including phenoxy) is 1. The van der Waals surface area contributed by atoms with E-state index >= 15 is 0 Å². The number of nitrogens with two attached hydrogens (primary N) is 1. The molecule has 8 nitrogen and oxygen atoms in total. The second kappa shape index (κ2) is 10.2. The normalized spacial score (nSPS) is 10.5. The lowest BCUT2D eigenvalue weighted by atomic mass is 10.2. The van der Waals surface area contributed by atoms with Gasteiger partial charge in [-0.2, -0.15) is 16.4 Å². The molecule has 0 aliphatic rings. The summed E-state index contributed by atoms with van der Waals surface area (Å²) in [4.78, 5) is 24.8. The van der Waals surface area contributed by atoms with Crippen LogP contribution in [0.15, 0.2) is 55.1 Å². The van der Waals surface area contributed by atoms with E-state index in [9.17, 15) is 18.2 Å². The first-order chi connectivity index (χ1) is 15.6. The molecule has 11 heteroatoms. The number of nitrogen functional groups attached to an aromatic ring is 1. The Labute approximate surface area is 195 Å². The summed E-state index contributed by atoms with van der Waals surface area (Å²) in [6.07, 6.45) is 0. The quantitative estimate of drug-likeness (QED) is 0.222. The fourth-order valence-corrected chi connectivity index (χ4v) is 3.97. The van der Waals surface area contributed by atoms with Crippen LogP contribution in [-0.2, 0) is 14.8 Å². The van der Waals surface area contributed by atoms with Gasteiger partial charge in [-0.15, -0.1) is 11.3 Å². The third-order valence-corrected chi connectivity index (χ3v) is 5.77. The number of carbonyl (C=O) groups excluding carboxylic acids is 2. The molecular formula is C22H20FN4O4S2-. The van der Waals surface area contributed by atoms with Crippen LogP contribution in [0, 0.1) is 12.7 Å². The van der Waals surface area contributed by atoms with Crippen LogP contribution < -0.4 is 25.8 Å². The summed E-state index contributed by atoms with van der Waals surface area (Å²) in [5.41, 5.74) is 7.56. The average molecular weight is 488 g/mol. The minimum Gasteiger partial charge on any atom is -0.456 e. The molecular weight excluding hydrogens is 467 g/mol. The lowest BCUT2D eigenvalue weighted by molar-refractivity contribution is 0.0987. The van der Waals surface area contributed by atoms with Crippen molar-refractivity contribution in [3.63, 3.8) is 0 Å². The summed E-state index contributed by atoms with van der Waals surface area (Å²) in [6, 6.07) is 11.6. The fraction of sp³-hybridized carbons (Fsp3) is 0.0455. The van der Waals surface area contributed by atoms with Gasteiger partial charge < -0.3 is 30.0 Å². The van der Waals surface area contributed by atoms with Crippen LogP contribution >= 0.6 is 11.3 Å². The number of benzene rings is 2. The first-order valence-corrected chi connectivity index (χ1v) is 11.5. The predicted molar refractivity (Wildman–Crippen MR) is 131 cm³/mol. The van der Waals surface area contributed by atoms with Crippen molar-refractivity contribution < 1.29 is 22.9 Å². The number of amides is 3. The molecule has 0 unspecified atom stereocenters. The summed E-state index contributed by atoms with van der Waals surface area (Å²) in [6.45, 7) is 5.63. The number of anilines is 3. The highest BCUT2D eigenvalue weighted by molar-refractivity contribution is 7.81. The van der Waals surface area contributed by atoms with E-state index in [-0.39, 0.29) is 22.0 Å². The molecule has 5 N–H and O–H groups in total. The van der Waals surface area contributed by atoms with E-state index < -0.39 is 28.3 Å². The Morgan fingerprint density at radius 3 is 2.48 bits per heavy atom. The average Bonchev–Trinajstić information content (AvgIpc) is 3.13. The molecule has 0 spiro atoms. The number of halogens is 1. The highest BCUT2D eigenvalue weighted by atomic mass is 32.2. The van der Waals surface area contributed by atoms with Crippen molar-refractivity contribution in [3.05, 3.63) is 76.2 Å². The van der Waals surface area contributed by atoms with Crippen LogP contribution in [0.4, 0.5) is 26.2 Å². The Hall–Kier alpha value is -3.83. The molecule has 3 amide bonds. The number of rotatable bonds is 7. The van der Waals surface area contributed by atoms with E-state index in [2.05, 4.69) is 27.8 Å². The zero-order chi connectivity index (χ0) is 24.1. The van der Waals surface area contributed by atoms with Gasteiger partial charge in [0.2, 0.25) is 5.91 Å². The van der Waals surface area contributed by atoms with Crippen molar-refractivity contribution in [1.82, 2.24) is 4.72 Å². The molecule has 3 aromatic rings. The molecule has 0 saturated carbocycles. The lowest BCUT2D eigenvalue weighted by Crippen LogP contribution is -2.20. The third-order valence-electron chi connectivity index (χ3n) is 4.17. The minimum atomic E-state index is -1.75. The number of aryl methyl sites for hydroxylation is 1. The van der Waals surface area contributed by atoms with E-state index in [1.165, 1.54) is 18.2 Å². The molecule has 172 valence electrons. The summed E-state index contributed by atoms with van der Waals surface area (Å²) >= 11 is 1.03. The Morgan fingerprint density at radius 1 is 1.12 bits per heavy atom. The highest BCUT2D eigenvalue weighted by Crippen LogP contribution is 2.32. The molecule has 0 saturated heterocycles. The van der Waals surface area contributed by atoms with Crippen LogP contribution in [0.5, 0.6) is 5.75 Å². The molecule has 0 aliphatic carbocycles. The maximum Gasteiger partial charge on any atom is 0.323 e. The van der Waals surface area contributed by atoms with Crippen molar-refractivity contribution >= 4 is 62.5 Å². The molecule has 33 heavy (non-hydrogen) atoms. The Morgan fingerprint density at radius 2 is 1.82 bits per heavy atom. The van der Waals surface area contributed by atoms with Crippen LogP contribution in [0.2, 0.25) is 0 Å². The number of hydrogen-bond donors (Lipinski definition) is 4. The van der Waals surface area contributed by atoms with Crippen LogP contribution in [-0.4, -0.2) is 17.8 Å². The van der Waals surface area contributed by atoms with E-state index in [4.69, 9.17) is 10.5 Å². The summed E-state index contributed by atoms with van der Waals surface area (Å²) in [5.74, 6) is 2.71. The maximum absolute atomic E-state index is 13.8. The minimum absolute atomic E-state index is 0.0757. The van der Waals surface area contributed by atoms with Crippen molar-refractivity contribution in [1.29, 1.82) is 0 Å². The number of carbonyl (C=O) groups is 2. The Kier molecular flexibility index (Phi) is 7.36. The van der Waals surface area contributed by atoms with Crippen LogP contribution in [0.25, 0.3) is 5.76 Å². The molecule has 0 radical (unpaired) electrons. The van der Waals surface area contributed by atoms with Crippen molar-refractivity contribution in [2.24, 2.45) is 0 Å². The molecule has 0 atom stereocenters. The molecule has 0 aliphatic heterocycles. The number of thiophene rings is 1. The summed E-state index contributed by atoms with van der Waals surface area (Å²) < 4.78 is 32.7. The van der Waals surface area contributed by atoms with Gasteiger partial charge in [-0.25, -0.2) is 9.18 Å². The number of urea groups is 1. The monoisotopic (exact) mass is 487 g/mol. The number of hydrogen-bond acceptors (Lipinski definition) is 7. The van der Waals surface area contributed by atoms with Gasteiger partial charge in [-0.3, -0.25) is 4.79 Å². The smallest absolute Gasteiger partial charge is 0.323 e. The molecule has 0 fully saturated rings. The van der Waals surface area contributed by atoms with Gasteiger partial charge in [0.15, 0.2) is 0 Å². The molecule has 2 aromatic carbocycles. The second-order valence-electron chi connectivity index (χ2n) is 6.78. The Bertz CT molecular complexity index is 1290. The third kappa shape index (κ3) is 6.34. The van der Waals surface area contributed by atoms with E-state index in [1.807, 2.05) is 0 Å². The van der Waals surface area contributed by atoms with E-state index in [1.54, 1.807) is 37.3 Å². The van der Waals surface area contributed by atoms with E-state index in [0.29, 0.717) is 16.3 Å². The second-order valence-corrected chi connectivity index (χ2v) is 8.73. The summed E-state index contributed by atoms with van der Waals surface area (Å²) in [5, 5.41) is 5.06. The largest absolute Gasteiger partial charge is 0.456 e. The highest BCUT2D eigenvalue weighted by Gasteiger charge is 2.15. The Balaban J connectivity index is 1.62. The fourth-order valence-electron chi connectivity index (χ4n) is 2.70. The SMILES string of the molecule is C=C(Oc1ccc(NC(=O)Nc2cc(C)ccc2F)cc1)c1sc(C(=O)N[S-](=C)=O)cc1N. The molecule has 1 aromatic heterocycles. The van der Waals surface area contributed by atoms with Gasteiger partial charge in [0.25, 0.3) is 0 Å². The van der Waals surface area contributed by atoms with E-state index in [0.717, 1.165) is 16.9 Å². The first-order valence-electron chi connectivity index (χ1n) is 9.35. The van der Waals surface area contributed by atoms with Gasteiger partial charge in [-0.1, -0.05) is 12.6 Å². The predicted octanol–water partition coefficient (Wildman–Crippen LogP) is 4.51. The number of nitrogens with one attached hydrogen (secondary N) is 3. The first kappa shape index (κ1) is 23.8. The van der Waals surface area contributed by atoms with Gasteiger partial charge in [0.05, 0.1) is 21.1 Å². The molecule has 1 heterocycles. The van der Waals surface area contributed by atoms with Crippen molar-refractivity contribution in [2.75, 3.05) is 16.4 Å². The zero-order valence-corrected chi connectivity index (χ0v) is 19.1. The standard InChI is InChI=1S/C22H20FN4O4S2/c1-12-4-9-16(23)18(10-12)26-22(29)25-14-5-7-15(8-6-14)31-13(2)20-17(24)11-19(32-20)21(28)27-33(3)30/h4-11H,2-3,24H2,1H3,(H2,25,26,29)(H,27,28,30)/q-1. The van der Waals surface area contributed by atoms with Gasteiger partial charge in [0.1, 0.15) is 17.3 Å².